The number of nitrogens with two attached hydrogens (primary N) is 1. The lowest BCUT2D eigenvalue weighted by atomic mass is 9.95. The Morgan fingerprint density at radius 2 is 1.70 bits per heavy atom. The van der Waals surface area contributed by atoms with Gasteiger partial charge in [-0.2, -0.15) is 0 Å². The summed E-state index contributed by atoms with van der Waals surface area (Å²) in [7, 11) is -3.82. The first-order valence-electron chi connectivity index (χ1n) is 8.41. The highest BCUT2D eigenvalue weighted by Gasteiger charge is 2.20. The summed E-state index contributed by atoms with van der Waals surface area (Å²) in [6, 6.07) is 5.32. The van der Waals surface area contributed by atoms with Crippen molar-refractivity contribution in [2.24, 2.45) is 5.14 Å². The quantitative estimate of drug-likeness (QED) is 0.682. The van der Waals surface area contributed by atoms with Gasteiger partial charge in [0.1, 0.15) is 0 Å². The van der Waals surface area contributed by atoms with Gasteiger partial charge in [-0.3, -0.25) is 14.9 Å². The molecule has 1 saturated carbocycles. The van der Waals surface area contributed by atoms with Gasteiger partial charge in [-0.15, -0.1) is 10.2 Å². The first kappa shape index (κ1) is 19.4. The monoisotopic (exact) mass is 409 g/mol. The number of amides is 2. The van der Waals surface area contributed by atoms with Gasteiger partial charge in [0, 0.05) is 11.6 Å². The number of nitrogens with zero attached hydrogens (tertiary/aromatic N) is 2. The standard InChI is InChI=1S/C16H19N5O4S2/c17-27(24,25)12-8-6-10(7-9-12)13(22)19-16-21-20-15(26-16)14(23)18-11-4-2-1-3-5-11/h6-9,11H,1-5H2,(H,18,23)(H2,17,24,25)(H,19,21,22). The van der Waals surface area contributed by atoms with Gasteiger partial charge in [0.15, 0.2) is 0 Å². The van der Waals surface area contributed by atoms with Gasteiger partial charge in [0.2, 0.25) is 20.2 Å². The second-order valence-electron chi connectivity index (χ2n) is 6.24. The molecule has 27 heavy (non-hydrogen) atoms. The Hall–Kier alpha value is -2.37. The van der Waals surface area contributed by atoms with E-state index in [2.05, 4.69) is 20.8 Å². The van der Waals surface area contributed by atoms with Gasteiger partial charge < -0.3 is 5.32 Å². The van der Waals surface area contributed by atoms with E-state index in [4.69, 9.17) is 5.14 Å². The number of hydrogen-bond acceptors (Lipinski definition) is 7. The molecular formula is C16H19N5O4S2. The zero-order valence-electron chi connectivity index (χ0n) is 14.3. The van der Waals surface area contributed by atoms with Crippen LogP contribution < -0.4 is 15.8 Å². The lowest BCUT2D eigenvalue weighted by Crippen LogP contribution is -2.36. The van der Waals surface area contributed by atoms with E-state index in [0.29, 0.717) is 0 Å². The van der Waals surface area contributed by atoms with Crippen molar-refractivity contribution in [1.29, 1.82) is 0 Å². The largest absolute Gasteiger partial charge is 0.347 e. The second-order valence-corrected chi connectivity index (χ2v) is 8.78. The molecule has 0 unspecified atom stereocenters. The van der Waals surface area contributed by atoms with Crippen LogP contribution in [0.4, 0.5) is 5.13 Å². The van der Waals surface area contributed by atoms with Crippen molar-refractivity contribution in [2.45, 2.75) is 43.0 Å². The fraction of sp³-hybridized carbons (Fsp3) is 0.375. The molecule has 1 heterocycles. The van der Waals surface area contributed by atoms with E-state index < -0.39 is 15.9 Å². The molecule has 2 amide bonds. The topological polar surface area (TPSA) is 144 Å². The molecule has 11 heteroatoms. The number of sulfonamides is 1. The molecule has 0 radical (unpaired) electrons. The van der Waals surface area contributed by atoms with Crippen LogP contribution in [0.5, 0.6) is 0 Å². The van der Waals surface area contributed by atoms with Gasteiger partial charge in [-0.05, 0) is 37.1 Å². The summed E-state index contributed by atoms with van der Waals surface area (Å²) in [5, 5.41) is 18.5. The summed E-state index contributed by atoms with van der Waals surface area (Å²) < 4.78 is 22.5. The number of primary sulfonamides is 1. The third kappa shape index (κ3) is 5.08. The zero-order chi connectivity index (χ0) is 19.4. The average molecular weight is 409 g/mol. The van der Waals surface area contributed by atoms with E-state index in [-0.39, 0.29) is 32.5 Å². The van der Waals surface area contributed by atoms with E-state index in [1.165, 1.54) is 30.7 Å². The van der Waals surface area contributed by atoms with E-state index in [0.717, 1.165) is 37.0 Å². The molecule has 1 fully saturated rings. The van der Waals surface area contributed by atoms with Crippen molar-refractivity contribution in [2.75, 3.05) is 5.32 Å². The van der Waals surface area contributed by atoms with Gasteiger partial charge in [-0.1, -0.05) is 30.6 Å². The van der Waals surface area contributed by atoms with Crippen LogP contribution in [0.1, 0.15) is 52.3 Å². The van der Waals surface area contributed by atoms with E-state index in [1.54, 1.807) is 0 Å². The van der Waals surface area contributed by atoms with Crippen LogP contribution in [0.15, 0.2) is 29.2 Å². The molecule has 1 aromatic heterocycles. The molecular weight excluding hydrogens is 390 g/mol. The Morgan fingerprint density at radius 3 is 2.33 bits per heavy atom. The number of benzene rings is 1. The van der Waals surface area contributed by atoms with E-state index >= 15 is 0 Å². The predicted octanol–water partition coefficient (Wildman–Crippen LogP) is 1.50. The molecule has 0 aliphatic heterocycles. The van der Waals surface area contributed by atoms with Crippen molar-refractivity contribution >= 4 is 38.3 Å². The van der Waals surface area contributed by atoms with E-state index in [1.807, 2.05) is 0 Å². The van der Waals surface area contributed by atoms with Crippen LogP contribution >= 0.6 is 11.3 Å². The third-order valence-electron chi connectivity index (χ3n) is 4.23. The first-order chi connectivity index (χ1) is 12.8. The molecule has 0 spiro atoms. The number of carbonyl (C=O) groups is 2. The van der Waals surface area contributed by atoms with Crippen molar-refractivity contribution in [3.63, 3.8) is 0 Å². The molecule has 144 valence electrons. The van der Waals surface area contributed by atoms with Crippen LogP contribution in [0.3, 0.4) is 0 Å². The van der Waals surface area contributed by atoms with Crippen molar-refractivity contribution in [1.82, 2.24) is 15.5 Å². The van der Waals surface area contributed by atoms with Gasteiger partial charge in [0.25, 0.3) is 11.8 Å². The summed E-state index contributed by atoms with van der Waals surface area (Å²) in [5.74, 6) is -0.788. The third-order valence-corrected chi connectivity index (χ3v) is 5.99. The second kappa shape index (κ2) is 8.11. The SMILES string of the molecule is NS(=O)(=O)c1ccc(C(=O)Nc2nnc(C(=O)NC3CCCCC3)s2)cc1. The summed E-state index contributed by atoms with van der Waals surface area (Å²) in [5.41, 5.74) is 0.228. The Kier molecular flexibility index (Phi) is 5.82. The summed E-state index contributed by atoms with van der Waals surface area (Å²) in [6.07, 6.45) is 5.32. The smallest absolute Gasteiger partial charge is 0.282 e. The minimum atomic E-state index is -3.82. The lowest BCUT2D eigenvalue weighted by Gasteiger charge is -2.21. The molecule has 1 aliphatic rings. The van der Waals surface area contributed by atoms with Crippen LogP contribution in [-0.2, 0) is 10.0 Å². The Morgan fingerprint density at radius 1 is 1.04 bits per heavy atom. The maximum atomic E-state index is 12.2. The van der Waals surface area contributed by atoms with Crippen molar-refractivity contribution in [3.05, 3.63) is 34.8 Å². The summed E-state index contributed by atoms with van der Waals surface area (Å²) >= 11 is 0.978. The molecule has 2 aromatic rings. The molecule has 3 rings (SSSR count). The summed E-state index contributed by atoms with van der Waals surface area (Å²) in [6.45, 7) is 0. The lowest BCUT2D eigenvalue weighted by molar-refractivity contribution is 0.0926. The molecule has 0 saturated heterocycles. The van der Waals surface area contributed by atoms with Gasteiger partial charge in [0.05, 0.1) is 4.90 Å². The van der Waals surface area contributed by atoms with Crippen LogP contribution in [0, 0.1) is 0 Å². The van der Waals surface area contributed by atoms with Gasteiger partial charge >= 0.3 is 0 Å². The number of hydrogen-bond donors (Lipinski definition) is 3. The molecule has 0 bridgehead atoms. The Balaban J connectivity index is 1.61. The highest BCUT2D eigenvalue weighted by atomic mass is 32.2. The number of rotatable bonds is 5. The number of carbonyl (C=O) groups excluding carboxylic acids is 2. The predicted molar refractivity (Wildman–Crippen MR) is 100 cm³/mol. The molecule has 1 aromatic carbocycles. The summed E-state index contributed by atoms with van der Waals surface area (Å²) in [4.78, 5) is 24.4. The molecule has 9 nitrogen and oxygen atoms in total. The highest BCUT2D eigenvalue weighted by Crippen LogP contribution is 2.20. The maximum Gasteiger partial charge on any atom is 0.282 e. The number of anilines is 1. The molecule has 1 aliphatic carbocycles. The average Bonchev–Trinajstić information content (AvgIpc) is 3.10. The first-order valence-corrected chi connectivity index (χ1v) is 10.8. The molecule has 0 atom stereocenters. The minimum absolute atomic E-state index is 0.0864. The van der Waals surface area contributed by atoms with Crippen molar-refractivity contribution in [3.8, 4) is 0 Å². The van der Waals surface area contributed by atoms with Crippen molar-refractivity contribution < 1.29 is 18.0 Å². The zero-order valence-corrected chi connectivity index (χ0v) is 16.0. The van der Waals surface area contributed by atoms with E-state index in [9.17, 15) is 18.0 Å². The maximum absolute atomic E-state index is 12.2. The fourth-order valence-corrected chi connectivity index (χ4v) is 3.98. The normalized spacial score (nSPS) is 15.3. The van der Waals surface area contributed by atoms with Crippen LogP contribution in [0.25, 0.3) is 0 Å². The highest BCUT2D eigenvalue weighted by molar-refractivity contribution is 7.89. The fourth-order valence-electron chi connectivity index (χ4n) is 2.82. The van der Waals surface area contributed by atoms with Crippen LogP contribution in [0.2, 0.25) is 0 Å². The number of aromatic nitrogens is 2. The van der Waals surface area contributed by atoms with Crippen LogP contribution in [-0.4, -0.2) is 36.5 Å². The minimum Gasteiger partial charge on any atom is -0.347 e. The van der Waals surface area contributed by atoms with Gasteiger partial charge in [-0.25, -0.2) is 13.6 Å². The Labute approximate surface area is 160 Å². The number of nitrogens with one attached hydrogen (secondary N) is 2. The molecule has 4 N–H and O–H groups in total. The Bertz CT molecular complexity index is 934.